The van der Waals surface area contributed by atoms with E-state index in [0.717, 1.165) is 10.0 Å². The number of guanidine groups is 1. The minimum Gasteiger partial charge on any atom is -0.355 e. The van der Waals surface area contributed by atoms with Crippen LogP contribution in [0.1, 0.15) is 32.4 Å². The zero-order chi connectivity index (χ0) is 18.2. The molecular formula is C16H28BrIN4O2S. The Kier molecular flexibility index (Phi) is 11.9. The number of sulfonamides is 1. The fourth-order valence-corrected chi connectivity index (χ4v) is 4.38. The van der Waals surface area contributed by atoms with Gasteiger partial charge in [-0.3, -0.25) is 4.99 Å². The molecule has 0 aliphatic rings. The van der Waals surface area contributed by atoms with Crippen molar-refractivity contribution in [2.45, 2.75) is 26.8 Å². The number of halogens is 2. The first-order chi connectivity index (χ1) is 11.4. The van der Waals surface area contributed by atoms with Crippen molar-refractivity contribution in [1.29, 1.82) is 0 Å². The number of nitrogens with zero attached hydrogens (tertiary/aromatic N) is 2. The third-order valence-corrected chi connectivity index (χ3v) is 6.45. The van der Waals surface area contributed by atoms with E-state index in [1.807, 2.05) is 45.0 Å². The molecule has 0 aliphatic heterocycles. The zero-order valence-electron chi connectivity index (χ0n) is 15.1. The molecule has 6 nitrogen and oxygen atoms in total. The lowest BCUT2D eigenvalue weighted by Crippen LogP contribution is -2.42. The van der Waals surface area contributed by atoms with Crippen LogP contribution in [0.5, 0.6) is 0 Å². The van der Waals surface area contributed by atoms with Gasteiger partial charge in [-0.2, -0.15) is 0 Å². The largest absolute Gasteiger partial charge is 0.355 e. The topological polar surface area (TPSA) is 73.8 Å². The van der Waals surface area contributed by atoms with E-state index in [1.54, 1.807) is 7.05 Å². The van der Waals surface area contributed by atoms with Crippen molar-refractivity contribution in [2.75, 3.05) is 32.4 Å². The van der Waals surface area contributed by atoms with E-state index in [9.17, 15) is 8.42 Å². The molecule has 2 N–H and O–H groups in total. The molecule has 1 rings (SSSR count). The molecule has 1 unspecified atom stereocenters. The van der Waals surface area contributed by atoms with E-state index in [4.69, 9.17) is 0 Å². The summed E-state index contributed by atoms with van der Waals surface area (Å²) in [6.45, 7) is 7.00. The molecule has 0 aromatic heterocycles. The molecule has 0 aliphatic carbocycles. The summed E-state index contributed by atoms with van der Waals surface area (Å²) in [5, 5.41) is 6.33. The second-order valence-corrected chi connectivity index (χ2v) is 8.23. The first kappa shape index (κ1) is 24.6. The van der Waals surface area contributed by atoms with Crippen molar-refractivity contribution in [3.63, 3.8) is 0 Å². The molecule has 1 atom stereocenters. The van der Waals surface area contributed by atoms with Gasteiger partial charge in [0.15, 0.2) is 5.96 Å². The first-order valence-electron chi connectivity index (χ1n) is 8.05. The molecule has 0 saturated carbocycles. The highest BCUT2D eigenvalue weighted by Crippen LogP contribution is 2.22. The molecule has 0 amide bonds. The molecule has 1 aromatic carbocycles. The number of aliphatic imine (C=N–C) groups is 1. The Morgan fingerprint density at radius 3 is 2.40 bits per heavy atom. The summed E-state index contributed by atoms with van der Waals surface area (Å²) in [7, 11) is -1.57. The van der Waals surface area contributed by atoms with Gasteiger partial charge in [0.05, 0.1) is 11.8 Å². The van der Waals surface area contributed by atoms with Crippen LogP contribution < -0.4 is 10.6 Å². The maximum atomic E-state index is 12.2. The zero-order valence-corrected chi connectivity index (χ0v) is 19.9. The normalized spacial score (nSPS) is 13.3. The maximum Gasteiger partial charge on any atom is 0.215 e. The highest BCUT2D eigenvalue weighted by atomic mass is 127. The van der Waals surface area contributed by atoms with Gasteiger partial charge in [0.1, 0.15) is 0 Å². The standard InChI is InChI=1S/C16H27BrN4O2S.HI/c1-5-21(6-2)24(22,23)12-11-19-16(18-4)20-13(3)14-9-7-8-10-15(14)17;/h7-10,13H,5-6,11-12H2,1-4H3,(H2,18,19,20);1H. The molecule has 9 heteroatoms. The Balaban J connectivity index is 0.00000576. The van der Waals surface area contributed by atoms with Gasteiger partial charge in [-0.1, -0.05) is 48.0 Å². The number of benzene rings is 1. The van der Waals surface area contributed by atoms with E-state index in [1.165, 1.54) is 4.31 Å². The quantitative estimate of drug-likeness (QED) is 0.299. The van der Waals surface area contributed by atoms with Crippen LogP contribution in [-0.4, -0.2) is 51.1 Å². The van der Waals surface area contributed by atoms with Gasteiger partial charge >= 0.3 is 0 Å². The predicted octanol–water partition coefficient (Wildman–Crippen LogP) is 2.96. The smallest absolute Gasteiger partial charge is 0.215 e. The third kappa shape index (κ3) is 7.79. The Hall–Kier alpha value is -0.390. The Morgan fingerprint density at radius 2 is 1.88 bits per heavy atom. The van der Waals surface area contributed by atoms with Crippen molar-refractivity contribution in [1.82, 2.24) is 14.9 Å². The molecule has 0 spiro atoms. The fraction of sp³-hybridized carbons (Fsp3) is 0.562. The minimum absolute atomic E-state index is 0. The molecule has 0 fully saturated rings. The van der Waals surface area contributed by atoms with Gasteiger partial charge in [-0.05, 0) is 18.6 Å². The van der Waals surface area contributed by atoms with Crippen molar-refractivity contribution >= 4 is 55.9 Å². The Morgan fingerprint density at radius 1 is 1.28 bits per heavy atom. The van der Waals surface area contributed by atoms with Crippen molar-refractivity contribution in [2.24, 2.45) is 4.99 Å². The lowest BCUT2D eigenvalue weighted by Gasteiger charge is -2.21. The van der Waals surface area contributed by atoms with Crippen molar-refractivity contribution in [3.8, 4) is 0 Å². The Labute approximate surface area is 177 Å². The van der Waals surface area contributed by atoms with Crippen LogP contribution in [0.3, 0.4) is 0 Å². The third-order valence-electron chi connectivity index (χ3n) is 3.70. The molecule has 0 saturated heterocycles. The van der Waals surface area contributed by atoms with Gasteiger partial charge in [-0.25, -0.2) is 12.7 Å². The molecule has 25 heavy (non-hydrogen) atoms. The summed E-state index contributed by atoms with van der Waals surface area (Å²) in [6, 6.07) is 7.99. The van der Waals surface area contributed by atoms with Gasteiger partial charge < -0.3 is 10.6 Å². The van der Waals surface area contributed by atoms with Gasteiger partial charge in [0.25, 0.3) is 0 Å². The van der Waals surface area contributed by atoms with Crippen LogP contribution in [0, 0.1) is 0 Å². The van der Waals surface area contributed by atoms with Gasteiger partial charge in [0.2, 0.25) is 10.0 Å². The van der Waals surface area contributed by atoms with Crippen LogP contribution >= 0.6 is 39.9 Å². The molecule has 1 aromatic rings. The second kappa shape index (κ2) is 12.1. The molecule has 0 bridgehead atoms. The average molecular weight is 547 g/mol. The van der Waals surface area contributed by atoms with E-state index < -0.39 is 10.0 Å². The van der Waals surface area contributed by atoms with Crippen LogP contribution in [-0.2, 0) is 10.0 Å². The minimum atomic E-state index is -3.23. The maximum absolute atomic E-state index is 12.2. The van der Waals surface area contributed by atoms with Gasteiger partial charge in [0, 0.05) is 31.2 Å². The van der Waals surface area contributed by atoms with Crippen LogP contribution in [0.4, 0.5) is 0 Å². The number of hydrogen-bond acceptors (Lipinski definition) is 3. The summed E-state index contributed by atoms with van der Waals surface area (Å²) in [4.78, 5) is 4.16. The summed E-state index contributed by atoms with van der Waals surface area (Å²) in [5.74, 6) is 0.617. The monoisotopic (exact) mass is 546 g/mol. The lowest BCUT2D eigenvalue weighted by atomic mass is 10.1. The van der Waals surface area contributed by atoms with E-state index in [0.29, 0.717) is 25.6 Å². The van der Waals surface area contributed by atoms with Crippen molar-refractivity contribution < 1.29 is 8.42 Å². The van der Waals surface area contributed by atoms with Crippen molar-refractivity contribution in [3.05, 3.63) is 34.3 Å². The lowest BCUT2D eigenvalue weighted by molar-refractivity contribution is 0.445. The highest BCUT2D eigenvalue weighted by molar-refractivity contribution is 14.0. The van der Waals surface area contributed by atoms with Crippen LogP contribution in [0.2, 0.25) is 0 Å². The fourth-order valence-electron chi connectivity index (χ4n) is 2.35. The summed E-state index contributed by atoms with van der Waals surface area (Å²) >= 11 is 3.53. The number of hydrogen-bond donors (Lipinski definition) is 2. The van der Waals surface area contributed by atoms with Crippen LogP contribution in [0.15, 0.2) is 33.7 Å². The van der Waals surface area contributed by atoms with E-state index in [2.05, 4.69) is 31.6 Å². The van der Waals surface area contributed by atoms with E-state index in [-0.39, 0.29) is 35.8 Å². The second-order valence-electron chi connectivity index (χ2n) is 5.29. The predicted molar refractivity (Wildman–Crippen MR) is 119 cm³/mol. The van der Waals surface area contributed by atoms with Crippen LogP contribution in [0.25, 0.3) is 0 Å². The molecular weight excluding hydrogens is 519 g/mol. The number of rotatable bonds is 8. The molecule has 0 heterocycles. The Bertz CT molecular complexity index is 651. The average Bonchev–Trinajstić information content (AvgIpc) is 2.54. The SMILES string of the molecule is CCN(CC)S(=O)(=O)CCNC(=NC)NC(C)c1ccccc1Br.I. The highest BCUT2D eigenvalue weighted by Gasteiger charge is 2.18. The van der Waals surface area contributed by atoms with E-state index >= 15 is 0 Å². The first-order valence-corrected chi connectivity index (χ1v) is 10.4. The molecule has 0 radical (unpaired) electrons. The summed E-state index contributed by atoms with van der Waals surface area (Å²) < 4.78 is 26.8. The van der Waals surface area contributed by atoms with Gasteiger partial charge in [-0.15, -0.1) is 24.0 Å². The number of nitrogens with one attached hydrogen (secondary N) is 2. The summed E-state index contributed by atoms with van der Waals surface area (Å²) in [6.07, 6.45) is 0. The summed E-state index contributed by atoms with van der Waals surface area (Å²) in [5.41, 5.74) is 1.11. The molecule has 144 valence electrons.